The molecule has 1 unspecified atom stereocenters. The molecule has 1 aliphatic rings. The number of rotatable bonds is 6. The number of hydrogen-bond donors (Lipinski definition) is 3. The van der Waals surface area contributed by atoms with E-state index in [0.717, 1.165) is 11.1 Å². The molecule has 1 amide bonds. The zero-order valence-electron chi connectivity index (χ0n) is 17.2. The number of benzene rings is 2. The van der Waals surface area contributed by atoms with E-state index in [1.807, 2.05) is 41.8 Å². The molecule has 32 heavy (non-hydrogen) atoms. The number of fused-ring (bicyclic) bond motifs is 1. The van der Waals surface area contributed by atoms with Gasteiger partial charge in [-0.25, -0.2) is 4.79 Å². The number of methoxy groups -OCH3 is 1. The van der Waals surface area contributed by atoms with Crippen LogP contribution in [0.4, 0.5) is 0 Å². The van der Waals surface area contributed by atoms with Crippen LogP contribution in [0.2, 0.25) is 0 Å². The second kappa shape index (κ2) is 9.29. The average Bonchev–Trinajstić information content (AvgIpc) is 3.15. The molecule has 8 nitrogen and oxygen atoms in total. The molecular formula is C23H21N3O5S. The number of ether oxygens (including phenoxy) is 1. The van der Waals surface area contributed by atoms with Gasteiger partial charge in [-0.1, -0.05) is 36.4 Å². The molecule has 2 heterocycles. The van der Waals surface area contributed by atoms with Crippen LogP contribution < -0.4 is 10.1 Å². The summed E-state index contributed by atoms with van der Waals surface area (Å²) in [6.07, 6.45) is 1.28. The van der Waals surface area contributed by atoms with Crippen molar-refractivity contribution in [2.45, 2.75) is 6.04 Å². The third-order valence-electron chi connectivity index (χ3n) is 4.97. The SMILES string of the molecule is COc1c(C(=O)O)cnc2ccc(/C=S3/CC(=O)NC3=N[C@@H](CO)c3ccccc3)cc12. The van der Waals surface area contributed by atoms with Crippen LogP contribution in [-0.2, 0) is 4.79 Å². The van der Waals surface area contributed by atoms with Crippen molar-refractivity contribution < 1.29 is 24.5 Å². The first-order chi connectivity index (χ1) is 15.5. The molecule has 2 atom stereocenters. The van der Waals surface area contributed by atoms with Crippen LogP contribution in [0.3, 0.4) is 0 Å². The van der Waals surface area contributed by atoms with Crippen molar-refractivity contribution in [3.8, 4) is 5.75 Å². The molecule has 2 aromatic carbocycles. The number of pyridine rings is 1. The molecule has 0 radical (unpaired) electrons. The van der Waals surface area contributed by atoms with Gasteiger partial charge in [-0.2, -0.15) is 0 Å². The molecule has 0 saturated carbocycles. The van der Waals surface area contributed by atoms with Gasteiger partial charge in [0, 0.05) is 11.6 Å². The number of nitrogens with zero attached hydrogens (tertiary/aromatic N) is 2. The number of carbonyl (C=O) groups is 2. The van der Waals surface area contributed by atoms with Gasteiger partial charge in [0.25, 0.3) is 0 Å². The highest BCUT2D eigenvalue weighted by atomic mass is 32.2. The molecule has 9 heteroatoms. The summed E-state index contributed by atoms with van der Waals surface area (Å²) in [6, 6.07) is 14.3. The number of amidine groups is 1. The monoisotopic (exact) mass is 451 g/mol. The molecule has 1 saturated heterocycles. The van der Waals surface area contributed by atoms with Crippen LogP contribution in [0.5, 0.6) is 5.75 Å². The van der Waals surface area contributed by atoms with E-state index in [2.05, 4.69) is 15.3 Å². The van der Waals surface area contributed by atoms with Crippen LogP contribution in [0, 0.1) is 0 Å². The van der Waals surface area contributed by atoms with Crippen molar-refractivity contribution >= 4 is 43.8 Å². The lowest BCUT2D eigenvalue weighted by molar-refractivity contribution is -0.116. The highest BCUT2D eigenvalue weighted by Gasteiger charge is 2.23. The summed E-state index contributed by atoms with van der Waals surface area (Å²) in [5.41, 5.74) is 2.22. The number of aromatic nitrogens is 1. The molecule has 0 spiro atoms. The van der Waals surface area contributed by atoms with E-state index in [4.69, 9.17) is 4.74 Å². The maximum Gasteiger partial charge on any atom is 0.341 e. The van der Waals surface area contributed by atoms with E-state index < -0.39 is 22.5 Å². The summed E-state index contributed by atoms with van der Waals surface area (Å²) >= 11 is 0. The number of aromatic carboxylic acids is 1. The van der Waals surface area contributed by atoms with Crippen LogP contribution >= 0.6 is 10.5 Å². The minimum absolute atomic E-state index is 0.0202. The number of nitrogens with one attached hydrogen (secondary N) is 1. The van der Waals surface area contributed by atoms with Crippen LogP contribution in [0.25, 0.3) is 10.9 Å². The van der Waals surface area contributed by atoms with E-state index in [9.17, 15) is 19.8 Å². The molecule has 4 rings (SSSR count). The van der Waals surface area contributed by atoms with Gasteiger partial charge in [-0.3, -0.25) is 14.8 Å². The Bertz CT molecular complexity index is 1260. The van der Waals surface area contributed by atoms with E-state index >= 15 is 0 Å². The largest absolute Gasteiger partial charge is 0.495 e. The second-order valence-electron chi connectivity index (χ2n) is 7.07. The maximum atomic E-state index is 12.1. The van der Waals surface area contributed by atoms with Crippen molar-refractivity contribution in [3.63, 3.8) is 0 Å². The molecule has 1 aliphatic heterocycles. The smallest absolute Gasteiger partial charge is 0.341 e. The number of aliphatic hydroxyl groups excluding tert-OH is 1. The van der Waals surface area contributed by atoms with E-state index in [-0.39, 0.29) is 29.6 Å². The lowest BCUT2D eigenvalue weighted by atomic mass is 10.1. The zero-order valence-corrected chi connectivity index (χ0v) is 18.0. The number of hydrogen-bond acceptors (Lipinski definition) is 6. The first-order valence-electron chi connectivity index (χ1n) is 9.78. The van der Waals surface area contributed by atoms with Gasteiger partial charge in [-0.15, -0.1) is 10.5 Å². The fourth-order valence-electron chi connectivity index (χ4n) is 3.46. The quantitative estimate of drug-likeness (QED) is 0.496. The molecule has 164 valence electrons. The van der Waals surface area contributed by atoms with Crippen LogP contribution in [-0.4, -0.2) is 57.1 Å². The summed E-state index contributed by atoms with van der Waals surface area (Å²) in [4.78, 5) is 32.5. The number of aliphatic hydroxyl groups is 1. The Morgan fingerprint density at radius 1 is 1.31 bits per heavy atom. The number of carboxylic acids is 1. The minimum Gasteiger partial charge on any atom is -0.495 e. The minimum atomic E-state index is -1.12. The van der Waals surface area contributed by atoms with E-state index in [0.29, 0.717) is 16.1 Å². The summed E-state index contributed by atoms with van der Waals surface area (Å²) in [7, 11) is 0.787. The fraction of sp³-hybridized carbons (Fsp3) is 0.174. The van der Waals surface area contributed by atoms with Crippen molar-refractivity contribution in [1.82, 2.24) is 10.3 Å². The average molecular weight is 452 g/mol. The van der Waals surface area contributed by atoms with Crippen molar-refractivity contribution in [3.05, 3.63) is 71.4 Å². The molecule has 1 aromatic heterocycles. The van der Waals surface area contributed by atoms with Crippen molar-refractivity contribution in [2.75, 3.05) is 19.5 Å². The van der Waals surface area contributed by atoms with Crippen molar-refractivity contribution in [2.24, 2.45) is 4.99 Å². The van der Waals surface area contributed by atoms with E-state index in [1.54, 1.807) is 12.1 Å². The third kappa shape index (κ3) is 4.39. The summed E-state index contributed by atoms with van der Waals surface area (Å²) in [6.45, 7) is -0.183. The first-order valence-corrected chi connectivity index (χ1v) is 11.2. The Labute approximate surface area is 186 Å². The molecule has 1 fully saturated rings. The number of carbonyl (C=O) groups excluding carboxylic acids is 1. The Morgan fingerprint density at radius 3 is 2.78 bits per heavy atom. The van der Waals surface area contributed by atoms with Crippen LogP contribution in [0.1, 0.15) is 27.5 Å². The lowest BCUT2D eigenvalue weighted by Gasteiger charge is -2.12. The highest BCUT2D eigenvalue weighted by molar-refractivity contribution is 8.29. The van der Waals surface area contributed by atoms with Crippen LogP contribution in [0.15, 0.2) is 59.7 Å². The number of amides is 1. The van der Waals surface area contributed by atoms with Crippen molar-refractivity contribution in [1.29, 1.82) is 0 Å². The number of carboxylic acid groups (broad SMARTS) is 1. The predicted molar refractivity (Wildman–Crippen MR) is 125 cm³/mol. The highest BCUT2D eigenvalue weighted by Crippen LogP contribution is 2.30. The summed E-state index contributed by atoms with van der Waals surface area (Å²) in [5.74, 6) is -0.765. The van der Waals surface area contributed by atoms with Gasteiger partial charge >= 0.3 is 5.97 Å². The first kappa shape index (κ1) is 21.7. The maximum absolute atomic E-state index is 12.1. The summed E-state index contributed by atoms with van der Waals surface area (Å²) in [5, 5.41) is 25.1. The van der Waals surface area contributed by atoms with Gasteiger partial charge in [-0.05, 0) is 28.6 Å². The third-order valence-corrected chi connectivity index (χ3v) is 6.80. The van der Waals surface area contributed by atoms with Gasteiger partial charge in [0.05, 0.1) is 25.0 Å². The Hall–Kier alpha value is -3.56. The fourth-order valence-corrected chi connectivity index (χ4v) is 5.13. The summed E-state index contributed by atoms with van der Waals surface area (Å²) < 4.78 is 5.35. The second-order valence-corrected chi connectivity index (χ2v) is 8.84. The normalized spacial score (nSPS) is 18.1. The Balaban J connectivity index is 1.75. The molecule has 0 aliphatic carbocycles. The van der Waals surface area contributed by atoms with Gasteiger partial charge in [0.2, 0.25) is 5.91 Å². The molecule has 0 bridgehead atoms. The zero-order chi connectivity index (χ0) is 22.7. The Kier molecular flexibility index (Phi) is 6.29. The molecular weight excluding hydrogens is 430 g/mol. The Morgan fingerprint density at radius 2 is 2.09 bits per heavy atom. The number of aliphatic imine (C=N–C) groups is 1. The van der Waals surface area contributed by atoms with Gasteiger partial charge in [0.15, 0.2) is 5.17 Å². The topological polar surface area (TPSA) is 121 Å². The van der Waals surface area contributed by atoms with E-state index in [1.165, 1.54) is 13.3 Å². The van der Waals surface area contributed by atoms with Gasteiger partial charge in [0.1, 0.15) is 17.4 Å². The predicted octanol–water partition coefficient (Wildman–Crippen LogP) is 2.58. The molecule has 3 aromatic rings. The van der Waals surface area contributed by atoms with Gasteiger partial charge < -0.3 is 20.3 Å². The lowest BCUT2D eigenvalue weighted by Crippen LogP contribution is -2.21. The standard InChI is InChI=1S/C23H21N3O5S/c1-31-21-16-9-14(7-8-18(16)24-10-17(21)22(29)30)12-32-13-20(28)26-23(32)25-19(11-27)15-5-3-2-4-6-15/h2-10,12,19,27H,11,13H2,1H3,(H,29,30)(H,25,26,28)/t19-,32?/m0/s1. The molecule has 3 N–H and O–H groups in total.